The number of carboxylic acid groups (broad SMARTS) is 1. The number of aliphatic hydroxyl groups excluding tert-OH is 2. The highest BCUT2D eigenvalue weighted by atomic mass is 16.4. The number of unbranched alkanes of at least 4 members (excludes halogenated alkanes) is 1. The molecule has 3 rings (SSSR count). The van der Waals surface area contributed by atoms with Crippen LogP contribution < -0.4 is 32.3 Å². The Kier molecular flexibility index (Phi) is 14.0. The van der Waals surface area contributed by atoms with E-state index in [0.29, 0.717) is 24.9 Å². The fourth-order valence-corrected chi connectivity index (χ4v) is 5.39. The van der Waals surface area contributed by atoms with Crippen molar-refractivity contribution in [3.8, 4) is 0 Å². The van der Waals surface area contributed by atoms with Gasteiger partial charge in [-0.3, -0.25) is 33.6 Å². The number of rotatable bonds is 10. The van der Waals surface area contributed by atoms with Crippen LogP contribution in [0.1, 0.15) is 44.1 Å². The fourth-order valence-electron chi connectivity index (χ4n) is 5.39. The van der Waals surface area contributed by atoms with Gasteiger partial charge in [-0.2, -0.15) is 0 Å². The lowest BCUT2D eigenvalue weighted by atomic mass is 10.0. The summed E-state index contributed by atoms with van der Waals surface area (Å²) in [6.45, 7) is -1.52. The van der Waals surface area contributed by atoms with Crippen molar-refractivity contribution in [3.05, 3.63) is 35.9 Å². The topological polar surface area (TPSA) is 270 Å². The second-order valence-corrected chi connectivity index (χ2v) is 11.5. The largest absolute Gasteiger partial charge is 0.481 e. The first kappa shape index (κ1) is 36.9. The SMILES string of the molecule is NCCCC[C@@H]1NC(=O)[C@H](Cc2ccccc2)NC(=O)CNC(=O)[C@H](CO)NC(=O)[C@@H]2C[C@@H](O)CN2C(=O)[C@@H](CCC(=O)O)NC1=O. The minimum Gasteiger partial charge on any atom is -0.481 e. The summed E-state index contributed by atoms with van der Waals surface area (Å²) < 4.78 is 0. The average Bonchev–Trinajstić information content (AvgIpc) is 3.44. The predicted molar refractivity (Wildman–Crippen MR) is 164 cm³/mol. The summed E-state index contributed by atoms with van der Waals surface area (Å²) in [4.78, 5) is 92.4. The maximum absolute atomic E-state index is 13.8. The Bertz CT molecular complexity index is 1300. The van der Waals surface area contributed by atoms with E-state index in [0.717, 1.165) is 4.90 Å². The van der Waals surface area contributed by atoms with Crippen molar-refractivity contribution in [1.82, 2.24) is 31.5 Å². The summed E-state index contributed by atoms with van der Waals surface area (Å²) in [5.41, 5.74) is 6.30. The number of aliphatic hydroxyl groups is 2. The molecule has 258 valence electrons. The van der Waals surface area contributed by atoms with Gasteiger partial charge in [0.2, 0.25) is 35.4 Å². The summed E-state index contributed by atoms with van der Waals surface area (Å²) in [5.74, 6) is -6.25. The number of amides is 6. The van der Waals surface area contributed by atoms with Gasteiger partial charge in [0.15, 0.2) is 0 Å². The quantitative estimate of drug-likeness (QED) is 0.110. The normalized spacial score (nSPS) is 26.6. The van der Waals surface area contributed by atoms with Crippen LogP contribution in [0.4, 0.5) is 0 Å². The van der Waals surface area contributed by atoms with E-state index in [4.69, 9.17) is 5.73 Å². The van der Waals surface area contributed by atoms with Crippen LogP contribution in [0, 0.1) is 0 Å². The molecule has 0 aliphatic carbocycles. The van der Waals surface area contributed by atoms with Crippen molar-refractivity contribution in [2.75, 3.05) is 26.2 Å². The number of aliphatic carboxylic acids is 1. The number of nitrogens with two attached hydrogens (primary N) is 1. The Morgan fingerprint density at radius 3 is 2.15 bits per heavy atom. The molecule has 0 spiro atoms. The second-order valence-electron chi connectivity index (χ2n) is 11.5. The van der Waals surface area contributed by atoms with E-state index in [1.165, 1.54) is 0 Å². The number of carboxylic acids is 1. The van der Waals surface area contributed by atoms with Crippen LogP contribution in [0.5, 0.6) is 0 Å². The smallest absolute Gasteiger partial charge is 0.303 e. The van der Waals surface area contributed by atoms with Crippen LogP contribution in [0.25, 0.3) is 0 Å². The van der Waals surface area contributed by atoms with Crippen molar-refractivity contribution in [2.45, 2.75) is 81.3 Å². The molecule has 6 amide bonds. The zero-order valence-corrected chi connectivity index (χ0v) is 25.9. The first-order valence-electron chi connectivity index (χ1n) is 15.5. The van der Waals surface area contributed by atoms with E-state index in [9.17, 15) is 48.9 Å². The molecular formula is C30H43N7O10. The molecule has 2 aliphatic heterocycles. The molecule has 2 saturated heterocycles. The zero-order chi connectivity index (χ0) is 34.5. The molecule has 47 heavy (non-hydrogen) atoms. The molecule has 17 nitrogen and oxygen atoms in total. The van der Waals surface area contributed by atoms with Crippen molar-refractivity contribution in [2.24, 2.45) is 5.73 Å². The van der Waals surface area contributed by atoms with Crippen LogP contribution in [0.2, 0.25) is 0 Å². The van der Waals surface area contributed by atoms with E-state index in [1.54, 1.807) is 30.3 Å². The fraction of sp³-hybridized carbons (Fsp3) is 0.567. The van der Waals surface area contributed by atoms with Gasteiger partial charge < -0.3 is 52.5 Å². The van der Waals surface area contributed by atoms with Crippen molar-refractivity contribution in [1.29, 1.82) is 0 Å². The molecule has 0 bridgehead atoms. The molecular weight excluding hydrogens is 618 g/mol. The third kappa shape index (κ3) is 11.0. The molecule has 10 N–H and O–H groups in total. The first-order valence-corrected chi connectivity index (χ1v) is 15.5. The summed E-state index contributed by atoms with van der Waals surface area (Å²) in [6.07, 6.45) is -1.30. The van der Waals surface area contributed by atoms with Gasteiger partial charge in [0.25, 0.3) is 0 Å². The monoisotopic (exact) mass is 661 g/mol. The molecule has 17 heteroatoms. The molecule has 0 radical (unpaired) electrons. The van der Waals surface area contributed by atoms with Crippen molar-refractivity contribution < 1.29 is 48.9 Å². The highest BCUT2D eigenvalue weighted by Crippen LogP contribution is 2.21. The Hall–Kier alpha value is -4.61. The summed E-state index contributed by atoms with van der Waals surface area (Å²) in [6, 6.07) is 1.93. The maximum Gasteiger partial charge on any atom is 0.303 e. The number of benzene rings is 1. The third-order valence-corrected chi connectivity index (χ3v) is 7.88. The van der Waals surface area contributed by atoms with Gasteiger partial charge in [-0.25, -0.2) is 0 Å². The van der Waals surface area contributed by atoms with E-state index >= 15 is 0 Å². The van der Waals surface area contributed by atoms with Gasteiger partial charge in [0.05, 0.1) is 19.3 Å². The van der Waals surface area contributed by atoms with Crippen LogP contribution in [0.15, 0.2) is 30.3 Å². The van der Waals surface area contributed by atoms with E-state index in [2.05, 4.69) is 26.6 Å². The lowest BCUT2D eigenvalue weighted by Gasteiger charge is -2.30. The van der Waals surface area contributed by atoms with Gasteiger partial charge in [-0.1, -0.05) is 30.3 Å². The Labute approximate surface area is 271 Å². The molecule has 0 aromatic heterocycles. The zero-order valence-electron chi connectivity index (χ0n) is 25.9. The van der Waals surface area contributed by atoms with Crippen LogP contribution in [0.3, 0.4) is 0 Å². The average molecular weight is 662 g/mol. The van der Waals surface area contributed by atoms with Crippen LogP contribution >= 0.6 is 0 Å². The molecule has 1 aromatic carbocycles. The standard InChI is InChI=1S/C30H43N7O10/c31-11-5-4-8-19-27(44)35-20(9-10-25(41)42)30(47)37-15-18(39)13-23(37)29(46)36-22(16-38)26(43)32-14-24(40)33-21(28(45)34-19)12-17-6-2-1-3-7-17/h1-3,6-7,18-23,38-39H,4-5,8-16,31H2,(H,32,43)(H,33,40)(H,34,45)(H,35,44)(H,36,46)(H,41,42)/t18-,19+,20-,21+,22+,23+/m1/s1. The maximum atomic E-state index is 13.8. The van der Waals surface area contributed by atoms with E-state index in [-0.39, 0.29) is 32.2 Å². The number of hydrogen-bond acceptors (Lipinski definition) is 10. The Morgan fingerprint density at radius 1 is 0.830 bits per heavy atom. The molecule has 2 fully saturated rings. The highest BCUT2D eigenvalue weighted by molar-refractivity contribution is 5.98. The molecule has 0 unspecified atom stereocenters. The Morgan fingerprint density at radius 2 is 1.49 bits per heavy atom. The number of nitrogens with one attached hydrogen (secondary N) is 5. The van der Waals surface area contributed by atoms with E-state index in [1.807, 2.05) is 0 Å². The summed E-state index contributed by atoms with van der Waals surface area (Å²) >= 11 is 0. The molecule has 6 atom stereocenters. The van der Waals surface area contributed by atoms with E-state index < -0.39 is 97.3 Å². The molecule has 2 heterocycles. The number of nitrogens with zero attached hydrogens (tertiary/aromatic N) is 1. The lowest BCUT2D eigenvalue weighted by Crippen LogP contribution is -2.60. The van der Waals surface area contributed by atoms with Crippen LogP contribution in [-0.4, -0.2) is 124 Å². The van der Waals surface area contributed by atoms with Crippen molar-refractivity contribution in [3.63, 3.8) is 0 Å². The molecule has 0 saturated carbocycles. The third-order valence-electron chi connectivity index (χ3n) is 7.88. The molecule has 2 aliphatic rings. The predicted octanol–water partition coefficient (Wildman–Crippen LogP) is -3.75. The second kappa shape index (κ2) is 17.9. The lowest BCUT2D eigenvalue weighted by molar-refractivity contribution is -0.144. The van der Waals surface area contributed by atoms with Gasteiger partial charge >= 0.3 is 5.97 Å². The molecule has 1 aromatic rings. The number of fused-ring (bicyclic) bond motifs is 1. The summed E-state index contributed by atoms with van der Waals surface area (Å²) in [7, 11) is 0. The van der Waals surface area contributed by atoms with Gasteiger partial charge in [-0.05, 0) is 37.8 Å². The van der Waals surface area contributed by atoms with Gasteiger partial charge in [-0.15, -0.1) is 0 Å². The van der Waals surface area contributed by atoms with Gasteiger partial charge in [0, 0.05) is 25.8 Å². The Balaban J connectivity index is 2.00. The van der Waals surface area contributed by atoms with Gasteiger partial charge in [0.1, 0.15) is 30.2 Å². The van der Waals surface area contributed by atoms with Crippen molar-refractivity contribution >= 4 is 41.4 Å². The first-order chi connectivity index (χ1) is 22.4. The highest BCUT2D eigenvalue weighted by Gasteiger charge is 2.43. The summed E-state index contributed by atoms with van der Waals surface area (Å²) in [5, 5.41) is 41.8. The minimum atomic E-state index is -1.54. The number of carbonyl (C=O) groups excluding carboxylic acids is 6. The minimum absolute atomic E-state index is 0.0111. The number of carbonyl (C=O) groups is 7. The number of hydrogen-bond donors (Lipinski definition) is 9. The van der Waals surface area contributed by atoms with Crippen LogP contribution in [-0.2, 0) is 40.0 Å².